The molecule has 4 heteroatoms. The summed E-state index contributed by atoms with van der Waals surface area (Å²) in [5.74, 6) is 0. The molecule has 1 atom stereocenters. The van der Waals surface area contributed by atoms with E-state index in [0.717, 1.165) is 17.9 Å². The first-order chi connectivity index (χ1) is 9.67. The third-order valence-corrected chi connectivity index (χ3v) is 4.15. The van der Waals surface area contributed by atoms with Gasteiger partial charge in [0.05, 0.1) is 11.8 Å². The zero-order valence-electron chi connectivity index (χ0n) is 12.6. The summed E-state index contributed by atoms with van der Waals surface area (Å²) < 4.78 is 7.66. The topological polar surface area (TPSA) is 29.8 Å². The van der Waals surface area contributed by atoms with Crippen LogP contribution in [-0.4, -0.2) is 34.5 Å². The fourth-order valence-electron chi connectivity index (χ4n) is 3.02. The Hall–Kier alpha value is -1.39. The van der Waals surface area contributed by atoms with Crippen LogP contribution < -0.4 is 0 Å². The quantitative estimate of drug-likeness (QED) is 0.858. The van der Waals surface area contributed by atoms with Crippen LogP contribution in [0.1, 0.15) is 42.7 Å². The number of methoxy groups -OCH3 is 1. The third-order valence-electron chi connectivity index (χ3n) is 4.15. The minimum Gasteiger partial charge on any atom is -0.377 e. The number of ether oxygens (including phenoxy) is 1. The SMILES string of the molecule is CO[C@H](C)c1cc(CN2CCCC2)cn2cc(C)nc12. The summed E-state index contributed by atoms with van der Waals surface area (Å²) in [6.07, 6.45) is 7.02. The van der Waals surface area contributed by atoms with Gasteiger partial charge in [-0.3, -0.25) is 4.90 Å². The number of likely N-dealkylation sites (tertiary alicyclic amines) is 1. The van der Waals surface area contributed by atoms with E-state index >= 15 is 0 Å². The Morgan fingerprint density at radius 1 is 1.30 bits per heavy atom. The van der Waals surface area contributed by atoms with Gasteiger partial charge in [0, 0.05) is 31.6 Å². The third kappa shape index (κ3) is 2.58. The van der Waals surface area contributed by atoms with Crippen molar-refractivity contribution in [3.05, 3.63) is 35.3 Å². The van der Waals surface area contributed by atoms with Crippen LogP contribution in [0.3, 0.4) is 0 Å². The standard InChI is InChI=1S/C16H23N3O/c1-12-9-19-11-14(10-18-6-4-5-7-18)8-15(13(2)20-3)16(19)17-12/h8-9,11,13H,4-7,10H2,1-3H3/t13-/m1/s1. The Morgan fingerprint density at radius 2 is 2.05 bits per heavy atom. The molecule has 0 amide bonds. The van der Waals surface area contributed by atoms with Crippen LogP contribution in [0.25, 0.3) is 5.65 Å². The molecule has 0 unspecified atom stereocenters. The first-order valence-corrected chi connectivity index (χ1v) is 7.40. The molecule has 1 fully saturated rings. The summed E-state index contributed by atoms with van der Waals surface area (Å²) in [6.45, 7) is 7.58. The van der Waals surface area contributed by atoms with Gasteiger partial charge < -0.3 is 9.14 Å². The molecule has 2 aromatic heterocycles. The smallest absolute Gasteiger partial charge is 0.142 e. The number of imidazole rings is 1. The number of aromatic nitrogens is 2. The molecule has 0 radical (unpaired) electrons. The average Bonchev–Trinajstić information content (AvgIpc) is 3.05. The molecule has 1 aliphatic rings. The summed E-state index contributed by atoms with van der Waals surface area (Å²) in [7, 11) is 1.75. The second-order valence-electron chi connectivity index (χ2n) is 5.78. The van der Waals surface area contributed by atoms with Gasteiger partial charge in [-0.05, 0) is 51.4 Å². The maximum absolute atomic E-state index is 5.51. The largest absolute Gasteiger partial charge is 0.377 e. The van der Waals surface area contributed by atoms with Crippen molar-refractivity contribution in [2.45, 2.75) is 39.3 Å². The van der Waals surface area contributed by atoms with E-state index < -0.39 is 0 Å². The van der Waals surface area contributed by atoms with Gasteiger partial charge in [-0.1, -0.05) is 0 Å². The lowest BCUT2D eigenvalue weighted by atomic mass is 10.1. The van der Waals surface area contributed by atoms with Crippen molar-refractivity contribution in [1.29, 1.82) is 0 Å². The molecule has 3 rings (SSSR count). The zero-order chi connectivity index (χ0) is 14.1. The van der Waals surface area contributed by atoms with Gasteiger partial charge in [0.15, 0.2) is 0 Å². The maximum atomic E-state index is 5.51. The second kappa shape index (κ2) is 5.54. The number of nitrogens with zero attached hydrogens (tertiary/aromatic N) is 3. The molecule has 0 bridgehead atoms. The average molecular weight is 273 g/mol. The lowest BCUT2D eigenvalue weighted by Gasteiger charge is -2.17. The van der Waals surface area contributed by atoms with Crippen LogP contribution in [-0.2, 0) is 11.3 Å². The Labute approximate surface area is 120 Å². The molecule has 0 saturated carbocycles. The number of hydrogen-bond donors (Lipinski definition) is 0. The molecule has 4 nitrogen and oxygen atoms in total. The van der Waals surface area contributed by atoms with E-state index in [4.69, 9.17) is 4.74 Å². The predicted molar refractivity (Wildman–Crippen MR) is 79.9 cm³/mol. The Bertz CT molecular complexity index is 599. The summed E-state index contributed by atoms with van der Waals surface area (Å²) in [5, 5.41) is 0. The summed E-state index contributed by atoms with van der Waals surface area (Å²) in [5.41, 5.74) is 4.59. The van der Waals surface area contributed by atoms with Crippen molar-refractivity contribution in [2.75, 3.05) is 20.2 Å². The van der Waals surface area contributed by atoms with Crippen LogP contribution in [0.4, 0.5) is 0 Å². The van der Waals surface area contributed by atoms with Gasteiger partial charge in [-0.2, -0.15) is 0 Å². The van der Waals surface area contributed by atoms with E-state index in [-0.39, 0.29) is 6.10 Å². The van der Waals surface area contributed by atoms with E-state index in [1.807, 2.05) is 6.92 Å². The van der Waals surface area contributed by atoms with Crippen LogP contribution in [0.2, 0.25) is 0 Å². The molecule has 0 spiro atoms. The normalized spacial score (nSPS) is 17.9. The molecule has 0 aliphatic carbocycles. The minimum atomic E-state index is 0.0674. The van der Waals surface area contributed by atoms with Gasteiger partial charge in [-0.15, -0.1) is 0 Å². The monoisotopic (exact) mass is 273 g/mol. The fourth-order valence-corrected chi connectivity index (χ4v) is 3.02. The number of fused-ring (bicyclic) bond motifs is 1. The van der Waals surface area contributed by atoms with Crippen molar-refractivity contribution in [2.24, 2.45) is 0 Å². The molecule has 108 valence electrons. The highest BCUT2D eigenvalue weighted by Gasteiger charge is 2.16. The maximum Gasteiger partial charge on any atom is 0.142 e. The molecular weight excluding hydrogens is 250 g/mol. The number of pyridine rings is 1. The van der Waals surface area contributed by atoms with Gasteiger partial charge in [0.25, 0.3) is 0 Å². The summed E-state index contributed by atoms with van der Waals surface area (Å²) in [6, 6.07) is 2.26. The highest BCUT2D eigenvalue weighted by molar-refractivity contribution is 5.51. The first kappa shape index (κ1) is 13.6. The lowest BCUT2D eigenvalue weighted by Crippen LogP contribution is -2.19. The van der Waals surface area contributed by atoms with Crippen LogP contribution in [0.15, 0.2) is 18.5 Å². The first-order valence-electron chi connectivity index (χ1n) is 7.40. The summed E-state index contributed by atoms with van der Waals surface area (Å²) >= 11 is 0. The molecular formula is C16H23N3O. The van der Waals surface area contributed by atoms with Crippen molar-refractivity contribution in [3.8, 4) is 0 Å². The number of aryl methyl sites for hydroxylation is 1. The summed E-state index contributed by atoms with van der Waals surface area (Å²) in [4.78, 5) is 7.14. The van der Waals surface area contributed by atoms with E-state index in [0.29, 0.717) is 0 Å². The van der Waals surface area contributed by atoms with Gasteiger partial charge >= 0.3 is 0 Å². The van der Waals surface area contributed by atoms with Gasteiger partial charge in [0.1, 0.15) is 5.65 Å². The molecule has 0 aromatic carbocycles. The zero-order valence-corrected chi connectivity index (χ0v) is 12.6. The van der Waals surface area contributed by atoms with E-state index in [9.17, 15) is 0 Å². The van der Waals surface area contributed by atoms with Crippen LogP contribution >= 0.6 is 0 Å². The number of rotatable bonds is 4. The number of hydrogen-bond acceptors (Lipinski definition) is 3. The fraction of sp³-hybridized carbons (Fsp3) is 0.562. The Morgan fingerprint density at radius 3 is 2.75 bits per heavy atom. The molecule has 0 N–H and O–H groups in total. The van der Waals surface area contributed by atoms with Gasteiger partial charge in [-0.25, -0.2) is 4.98 Å². The molecule has 1 saturated heterocycles. The molecule has 20 heavy (non-hydrogen) atoms. The highest BCUT2D eigenvalue weighted by Crippen LogP contribution is 2.24. The molecule has 3 heterocycles. The predicted octanol–water partition coefficient (Wildman–Crippen LogP) is 2.95. The Kier molecular flexibility index (Phi) is 3.76. The van der Waals surface area contributed by atoms with Crippen LogP contribution in [0, 0.1) is 6.92 Å². The van der Waals surface area contributed by atoms with Crippen molar-refractivity contribution >= 4 is 5.65 Å². The van der Waals surface area contributed by atoms with E-state index in [2.05, 4.69) is 39.7 Å². The molecule has 1 aliphatic heterocycles. The van der Waals surface area contributed by atoms with Crippen molar-refractivity contribution in [3.63, 3.8) is 0 Å². The highest BCUT2D eigenvalue weighted by atomic mass is 16.5. The van der Waals surface area contributed by atoms with E-state index in [1.165, 1.54) is 37.1 Å². The lowest BCUT2D eigenvalue weighted by molar-refractivity contribution is 0.120. The van der Waals surface area contributed by atoms with E-state index in [1.54, 1.807) is 7.11 Å². The molecule has 2 aromatic rings. The van der Waals surface area contributed by atoms with Crippen LogP contribution in [0.5, 0.6) is 0 Å². The van der Waals surface area contributed by atoms with Crippen molar-refractivity contribution in [1.82, 2.24) is 14.3 Å². The van der Waals surface area contributed by atoms with Gasteiger partial charge in [0.2, 0.25) is 0 Å². The Balaban J connectivity index is 1.99. The minimum absolute atomic E-state index is 0.0674. The second-order valence-corrected chi connectivity index (χ2v) is 5.78. The van der Waals surface area contributed by atoms with Crippen molar-refractivity contribution < 1.29 is 4.74 Å².